The molecule has 0 heterocycles. The van der Waals surface area contributed by atoms with Crippen LogP contribution in [0.1, 0.15) is 17.3 Å². The van der Waals surface area contributed by atoms with Crippen LogP contribution in [0.4, 0.5) is 0 Å². The van der Waals surface area contributed by atoms with Gasteiger partial charge < -0.3 is 4.74 Å². The van der Waals surface area contributed by atoms with E-state index in [0.29, 0.717) is 5.56 Å². The third kappa shape index (κ3) is 2.88. The zero-order valence-electron chi connectivity index (χ0n) is 8.04. The fourth-order valence-electron chi connectivity index (χ4n) is 1.05. The lowest BCUT2D eigenvalue weighted by molar-refractivity contribution is 0.0597. The van der Waals surface area contributed by atoms with Gasteiger partial charge in [-0.05, 0) is 46.5 Å². The summed E-state index contributed by atoms with van der Waals surface area (Å²) < 4.78 is 5.84. The van der Waals surface area contributed by atoms with Gasteiger partial charge in [0.15, 0.2) is 0 Å². The van der Waals surface area contributed by atoms with E-state index >= 15 is 0 Å². The Morgan fingerprint density at radius 3 is 2.86 bits per heavy atom. The molecule has 14 heavy (non-hydrogen) atoms. The van der Waals surface area contributed by atoms with Crippen LogP contribution in [0, 0.1) is 3.57 Å². The highest BCUT2D eigenvalue weighted by molar-refractivity contribution is 14.1. The number of thioether (sulfide) groups is 1. The SMILES string of the molecule is CCSc1cc(I)ccc1C(=O)OC. The predicted molar refractivity (Wildman–Crippen MR) is 66.9 cm³/mol. The Balaban J connectivity index is 3.07. The Morgan fingerprint density at radius 1 is 1.57 bits per heavy atom. The quantitative estimate of drug-likeness (QED) is 0.486. The molecule has 0 aliphatic carbocycles. The fourth-order valence-corrected chi connectivity index (χ4v) is 2.58. The van der Waals surface area contributed by atoms with Crippen LogP contribution in [0.25, 0.3) is 0 Å². The van der Waals surface area contributed by atoms with Gasteiger partial charge in [0.05, 0.1) is 12.7 Å². The van der Waals surface area contributed by atoms with Crippen LogP contribution in [0.5, 0.6) is 0 Å². The number of benzene rings is 1. The summed E-state index contributed by atoms with van der Waals surface area (Å²) >= 11 is 3.89. The Morgan fingerprint density at radius 2 is 2.29 bits per heavy atom. The van der Waals surface area contributed by atoms with E-state index in [2.05, 4.69) is 29.5 Å². The molecular formula is C10H11IO2S. The smallest absolute Gasteiger partial charge is 0.338 e. The topological polar surface area (TPSA) is 26.3 Å². The molecule has 0 unspecified atom stereocenters. The molecule has 4 heteroatoms. The largest absolute Gasteiger partial charge is 0.465 e. The van der Waals surface area contributed by atoms with Gasteiger partial charge in [0.1, 0.15) is 0 Å². The number of hydrogen-bond donors (Lipinski definition) is 0. The number of carbonyl (C=O) groups is 1. The van der Waals surface area contributed by atoms with Crippen LogP contribution in [-0.2, 0) is 4.74 Å². The van der Waals surface area contributed by atoms with Crippen molar-refractivity contribution in [3.63, 3.8) is 0 Å². The van der Waals surface area contributed by atoms with Crippen LogP contribution in [0.2, 0.25) is 0 Å². The summed E-state index contributed by atoms with van der Waals surface area (Å²) in [7, 11) is 1.40. The van der Waals surface area contributed by atoms with Gasteiger partial charge in [0.2, 0.25) is 0 Å². The molecule has 0 aliphatic heterocycles. The molecule has 1 aromatic carbocycles. The molecule has 0 fully saturated rings. The highest BCUT2D eigenvalue weighted by Gasteiger charge is 2.11. The van der Waals surface area contributed by atoms with E-state index in [9.17, 15) is 4.79 Å². The minimum Gasteiger partial charge on any atom is -0.465 e. The van der Waals surface area contributed by atoms with Crippen LogP contribution in [0.3, 0.4) is 0 Å². The molecule has 0 saturated heterocycles. The molecule has 0 atom stereocenters. The highest BCUT2D eigenvalue weighted by Crippen LogP contribution is 2.25. The number of rotatable bonds is 3. The Labute approximate surface area is 102 Å². The van der Waals surface area contributed by atoms with E-state index in [1.165, 1.54) is 7.11 Å². The van der Waals surface area contributed by atoms with Crippen LogP contribution < -0.4 is 0 Å². The zero-order chi connectivity index (χ0) is 10.6. The van der Waals surface area contributed by atoms with Crippen molar-refractivity contribution in [2.75, 3.05) is 12.9 Å². The van der Waals surface area contributed by atoms with Gasteiger partial charge in [-0.15, -0.1) is 11.8 Å². The summed E-state index contributed by atoms with van der Waals surface area (Å²) in [6.45, 7) is 2.06. The first kappa shape index (κ1) is 11.8. The number of esters is 1. The predicted octanol–water partition coefficient (Wildman–Crippen LogP) is 3.19. The van der Waals surface area contributed by atoms with Crippen molar-refractivity contribution in [1.29, 1.82) is 0 Å². The van der Waals surface area contributed by atoms with Crippen molar-refractivity contribution in [3.8, 4) is 0 Å². The van der Waals surface area contributed by atoms with Crippen LogP contribution in [-0.4, -0.2) is 18.8 Å². The molecule has 0 spiro atoms. The highest BCUT2D eigenvalue weighted by atomic mass is 127. The maximum absolute atomic E-state index is 11.4. The Bertz CT molecular complexity index is 339. The zero-order valence-corrected chi connectivity index (χ0v) is 11.0. The summed E-state index contributed by atoms with van der Waals surface area (Å²) in [6.07, 6.45) is 0. The van der Waals surface area contributed by atoms with Crippen molar-refractivity contribution < 1.29 is 9.53 Å². The Kier molecular flexibility index (Phi) is 4.74. The minimum atomic E-state index is -0.266. The minimum absolute atomic E-state index is 0.266. The summed E-state index contributed by atoms with van der Waals surface area (Å²) in [5, 5.41) is 0. The molecule has 1 aromatic rings. The van der Waals surface area contributed by atoms with Gasteiger partial charge in [0.25, 0.3) is 0 Å². The first-order valence-corrected chi connectivity index (χ1v) is 6.26. The summed E-state index contributed by atoms with van der Waals surface area (Å²) in [5.41, 5.74) is 0.653. The molecule has 76 valence electrons. The third-order valence-corrected chi connectivity index (χ3v) is 3.26. The average molecular weight is 322 g/mol. The molecule has 2 nitrogen and oxygen atoms in total. The van der Waals surface area contributed by atoms with Crippen LogP contribution >= 0.6 is 34.4 Å². The van der Waals surface area contributed by atoms with Crippen molar-refractivity contribution in [2.45, 2.75) is 11.8 Å². The van der Waals surface area contributed by atoms with E-state index in [1.54, 1.807) is 11.8 Å². The summed E-state index contributed by atoms with van der Waals surface area (Å²) in [4.78, 5) is 12.4. The molecule has 0 radical (unpaired) electrons. The van der Waals surface area contributed by atoms with Gasteiger partial charge in [-0.1, -0.05) is 6.92 Å². The van der Waals surface area contributed by atoms with E-state index in [-0.39, 0.29) is 5.97 Å². The Hall–Kier alpha value is -0.230. The van der Waals surface area contributed by atoms with Crippen molar-refractivity contribution in [1.82, 2.24) is 0 Å². The lowest BCUT2D eigenvalue weighted by Gasteiger charge is -2.06. The second kappa shape index (κ2) is 5.60. The second-order valence-corrected chi connectivity index (χ2v) is 5.12. The van der Waals surface area contributed by atoms with Gasteiger partial charge in [-0.2, -0.15) is 0 Å². The normalized spacial score (nSPS) is 9.93. The number of hydrogen-bond acceptors (Lipinski definition) is 3. The molecule has 0 aromatic heterocycles. The lowest BCUT2D eigenvalue weighted by atomic mass is 10.2. The third-order valence-electron chi connectivity index (χ3n) is 1.65. The second-order valence-electron chi connectivity index (χ2n) is 2.57. The standard InChI is InChI=1S/C10H11IO2S/c1-3-14-9-6-7(11)4-5-8(9)10(12)13-2/h4-6H,3H2,1-2H3. The maximum Gasteiger partial charge on any atom is 0.338 e. The average Bonchev–Trinajstić information content (AvgIpc) is 2.17. The van der Waals surface area contributed by atoms with E-state index < -0.39 is 0 Å². The van der Waals surface area contributed by atoms with E-state index in [1.807, 2.05) is 18.2 Å². The maximum atomic E-state index is 11.4. The van der Waals surface area contributed by atoms with Gasteiger partial charge in [-0.25, -0.2) is 4.79 Å². The number of halogens is 1. The molecule has 0 amide bonds. The first-order chi connectivity index (χ1) is 6.69. The van der Waals surface area contributed by atoms with Gasteiger partial charge in [0, 0.05) is 8.47 Å². The summed E-state index contributed by atoms with van der Waals surface area (Å²) in [5.74, 6) is 0.682. The van der Waals surface area contributed by atoms with Gasteiger partial charge >= 0.3 is 5.97 Å². The molecule has 0 aliphatic rings. The number of ether oxygens (including phenoxy) is 1. The molecule has 0 N–H and O–H groups in total. The lowest BCUT2D eigenvalue weighted by Crippen LogP contribution is -2.03. The van der Waals surface area contributed by atoms with Crippen molar-refractivity contribution in [2.24, 2.45) is 0 Å². The van der Waals surface area contributed by atoms with Gasteiger partial charge in [-0.3, -0.25) is 0 Å². The molecule has 0 saturated carbocycles. The number of carbonyl (C=O) groups excluding carboxylic acids is 1. The van der Waals surface area contributed by atoms with E-state index in [0.717, 1.165) is 14.2 Å². The molecule has 0 bridgehead atoms. The van der Waals surface area contributed by atoms with Crippen LogP contribution in [0.15, 0.2) is 23.1 Å². The molecule has 1 rings (SSSR count). The first-order valence-electron chi connectivity index (χ1n) is 4.19. The van der Waals surface area contributed by atoms with Crippen molar-refractivity contribution >= 4 is 40.3 Å². The summed E-state index contributed by atoms with van der Waals surface area (Å²) in [6, 6.07) is 5.72. The fraction of sp³-hybridized carbons (Fsp3) is 0.300. The monoisotopic (exact) mass is 322 g/mol. The van der Waals surface area contributed by atoms with Crippen molar-refractivity contribution in [3.05, 3.63) is 27.3 Å². The number of methoxy groups -OCH3 is 1. The van der Waals surface area contributed by atoms with E-state index in [4.69, 9.17) is 4.74 Å². The molecular weight excluding hydrogens is 311 g/mol.